The van der Waals surface area contributed by atoms with Gasteiger partial charge in [-0.3, -0.25) is 0 Å². The Hall–Kier alpha value is -3.38. The van der Waals surface area contributed by atoms with Crippen molar-refractivity contribution >= 4 is 24.3 Å². The normalized spacial score (nSPS) is 12.1. The van der Waals surface area contributed by atoms with Gasteiger partial charge in [0.05, 0.1) is 0 Å². The molecule has 0 nitrogen and oxygen atoms in total. The standard InChI is InChI=1S/C36H42/c1-3-5-7-13-31-19-23-33(24-20-31)15-9-11-17-35-27-29-36(30-28-35)18-12-10-16-34-25-21-32(22-26-34)14-8-6-4-2/h9-12,15-30H,3-8,13-14H2,1-2H3/b15-9+,16-10+,17-11+,18-12+. The van der Waals surface area contributed by atoms with Gasteiger partial charge < -0.3 is 0 Å². The summed E-state index contributed by atoms with van der Waals surface area (Å²) in [5.74, 6) is 0. The van der Waals surface area contributed by atoms with Crippen LogP contribution in [0.3, 0.4) is 0 Å². The number of benzene rings is 3. The molecule has 0 aliphatic heterocycles. The Labute approximate surface area is 219 Å². The third-order valence-corrected chi connectivity index (χ3v) is 6.41. The second-order valence-corrected chi connectivity index (χ2v) is 9.50. The van der Waals surface area contributed by atoms with Crippen LogP contribution in [-0.4, -0.2) is 0 Å². The van der Waals surface area contributed by atoms with Gasteiger partial charge in [-0.05, 0) is 59.1 Å². The van der Waals surface area contributed by atoms with Crippen LogP contribution in [0.4, 0.5) is 0 Å². The van der Waals surface area contributed by atoms with E-state index in [0.717, 1.165) is 0 Å². The number of unbranched alkanes of at least 4 members (excludes halogenated alkanes) is 4. The fourth-order valence-electron chi connectivity index (χ4n) is 4.13. The number of allylic oxidation sites excluding steroid dienone is 4. The van der Waals surface area contributed by atoms with Crippen LogP contribution >= 0.6 is 0 Å². The van der Waals surface area contributed by atoms with E-state index in [1.165, 1.54) is 84.7 Å². The molecule has 3 aromatic carbocycles. The molecule has 0 bridgehead atoms. The summed E-state index contributed by atoms with van der Waals surface area (Å²) in [5.41, 5.74) is 7.78. The first-order chi connectivity index (χ1) is 17.8. The van der Waals surface area contributed by atoms with E-state index < -0.39 is 0 Å². The number of hydrogen-bond donors (Lipinski definition) is 0. The quantitative estimate of drug-likeness (QED) is 0.161. The molecular formula is C36H42. The summed E-state index contributed by atoms with van der Waals surface area (Å²) in [5, 5.41) is 0. The Bertz CT molecular complexity index is 1010. The topological polar surface area (TPSA) is 0 Å². The highest BCUT2D eigenvalue weighted by atomic mass is 14.0. The fourth-order valence-corrected chi connectivity index (χ4v) is 4.13. The monoisotopic (exact) mass is 474 g/mol. The summed E-state index contributed by atoms with van der Waals surface area (Å²) in [4.78, 5) is 0. The Morgan fingerprint density at radius 2 is 0.667 bits per heavy atom. The van der Waals surface area contributed by atoms with Gasteiger partial charge >= 0.3 is 0 Å². The molecule has 0 aliphatic carbocycles. The maximum Gasteiger partial charge on any atom is -0.0256 e. The lowest BCUT2D eigenvalue weighted by Crippen LogP contribution is -1.85. The van der Waals surface area contributed by atoms with Crippen molar-refractivity contribution in [2.45, 2.75) is 65.2 Å². The summed E-state index contributed by atoms with van der Waals surface area (Å²) in [6.45, 7) is 4.50. The second-order valence-electron chi connectivity index (χ2n) is 9.50. The third kappa shape index (κ3) is 10.5. The predicted molar refractivity (Wildman–Crippen MR) is 162 cm³/mol. The molecule has 0 N–H and O–H groups in total. The van der Waals surface area contributed by atoms with Gasteiger partial charge in [0.2, 0.25) is 0 Å². The Balaban J connectivity index is 1.43. The molecule has 0 fully saturated rings. The second kappa shape index (κ2) is 16.3. The molecular weight excluding hydrogens is 432 g/mol. The summed E-state index contributed by atoms with van der Waals surface area (Å²) in [6, 6.07) is 26.5. The van der Waals surface area contributed by atoms with Crippen LogP contribution in [0, 0.1) is 0 Å². The van der Waals surface area contributed by atoms with Crippen LogP contribution in [0.5, 0.6) is 0 Å². The highest BCUT2D eigenvalue weighted by Crippen LogP contribution is 2.13. The minimum Gasteiger partial charge on any atom is -0.0654 e. The van der Waals surface area contributed by atoms with E-state index in [-0.39, 0.29) is 0 Å². The van der Waals surface area contributed by atoms with Gasteiger partial charge in [-0.2, -0.15) is 0 Å². The lowest BCUT2D eigenvalue weighted by Gasteiger charge is -2.01. The summed E-state index contributed by atoms with van der Waals surface area (Å²) in [6.07, 6.45) is 27.2. The van der Waals surface area contributed by atoms with E-state index in [0.29, 0.717) is 0 Å². The van der Waals surface area contributed by atoms with Gasteiger partial charge in [0.25, 0.3) is 0 Å². The van der Waals surface area contributed by atoms with Crippen molar-refractivity contribution in [3.63, 3.8) is 0 Å². The van der Waals surface area contributed by atoms with Crippen molar-refractivity contribution in [2.75, 3.05) is 0 Å². The summed E-state index contributed by atoms with van der Waals surface area (Å²) in [7, 11) is 0. The van der Waals surface area contributed by atoms with Gasteiger partial charge in [-0.25, -0.2) is 0 Å². The zero-order chi connectivity index (χ0) is 25.3. The van der Waals surface area contributed by atoms with Crippen molar-refractivity contribution in [3.8, 4) is 0 Å². The Kier molecular flexibility index (Phi) is 12.3. The average molecular weight is 475 g/mol. The van der Waals surface area contributed by atoms with Crippen LogP contribution < -0.4 is 0 Å². The van der Waals surface area contributed by atoms with E-state index in [4.69, 9.17) is 0 Å². The first kappa shape index (κ1) is 27.2. The maximum atomic E-state index is 2.26. The Morgan fingerprint density at radius 3 is 0.944 bits per heavy atom. The maximum absolute atomic E-state index is 2.26. The smallest absolute Gasteiger partial charge is 0.0256 e. The van der Waals surface area contributed by atoms with E-state index in [9.17, 15) is 0 Å². The molecule has 0 heterocycles. The lowest BCUT2D eigenvalue weighted by atomic mass is 10.1. The molecule has 0 atom stereocenters. The molecule has 0 heteroatoms. The molecule has 0 amide bonds. The fraction of sp³-hybridized carbons (Fsp3) is 0.278. The average Bonchev–Trinajstić information content (AvgIpc) is 2.92. The van der Waals surface area contributed by atoms with Gasteiger partial charge in [-0.1, -0.05) is 161 Å². The van der Waals surface area contributed by atoms with Crippen LogP contribution in [0.25, 0.3) is 24.3 Å². The Morgan fingerprint density at radius 1 is 0.389 bits per heavy atom. The molecule has 36 heavy (non-hydrogen) atoms. The molecule has 3 aromatic rings. The zero-order valence-corrected chi connectivity index (χ0v) is 22.2. The van der Waals surface area contributed by atoms with Crippen LogP contribution in [0.15, 0.2) is 97.1 Å². The van der Waals surface area contributed by atoms with E-state index in [1.807, 2.05) is 0 Å². The van der Waals surface area contributed by atoms with Gasteiger partial charge in [0.15, 0.2) is 0 Å². The molecule has 0 saturated carbocycles. The largest absolute Gasteiger partial charge is 0.0654 e. The van der Waals surface area contributed by atoms with Crippen molar-refractivity contribution in [1.29, 1.82) is 0 Å². The summed E-state index contributed by atoms with van der Waals surface area (Å²) < 4.78 is 0. The molecule has 0 radical (unpaired) electrons. The highest BCUT2D eigenvalue weighted by Gasteiger charge is 1.94. The van der Waals surface area contributed by atoms with Crippen LogP contribution in [-0.2, 0) is 12.8 Å². The molecule has 0 unspecified atom stereocenters. The van der Waals surface area contributed by atoms with Crippen molar-refractivity contribution in [2.24, 2.45) is 0 Å². The predicted octanol–water partition coefficient (Wildman–Crippen LogP) is 10.6. The molecule has 186 valence electrons. The van der Waals surface area contributed by atoms with E-state index >= 15 is 0 Å². The van der Waals surface area contributed by atoms with Gasteiger partial charge in [0.1, 0.15) is 0 Å². The van der Waals surface area contributed by atoms with Crippen LogP contribution in [0.1, 0.15) is 85.8 Å². The third-order valence-electron chi connectivity index (χ3n) is 6.41. The first-order valence-electron chi connectivity index (χ1n) is 13.7. The number of rotatable bonds is 14. The molecule has 0 aliphatic rings. The lowest BCUT2D eigenvalue weighted by molar-refractivity contribution is 0.717. The number of hydrogen-bond acceptors (Lipinski definition) is 0. The van der Waals surface area contributed by atoms with Crippen molar-refractivity contribution in [1.82, 2.24) is 0 Å². The molecule has 3 rings (SSSR count). The van der Waals surface area contributed by atoms with Gasteiger partial charge in [0, 0.05) is 0 Å². The van der Waals surface area contributed by atoms with Gasteiger partial charge in [-0.15, -0.1) is 0 Å². The van der Waals surface area contributed by atoms with E-state index in [2.05, 4.69) is 135 Å². The highest BCUT2D eigenvalue weighted by molar-refractivity contribution is 5.61. The minimum atomic E-state index is 1.19. The zero-order valence-electron chi connectivity index (χ0n) is 22.2. The van der Waals surface area contributed by atoms with Crippen molar-refractivity contribution in [3.05, 3.63) is 130 Å². The molecule has 0 saturated heterocycles. The van der Waals surface area contributed by atoms with Crippen molar-refractivity contribution < 1.29 is 0 Å². The summed E-state index contributed by atoms with van der Waals surface area (Å²) >= 11 is 0. The van der Waals surface area contributed by atoms with Crippen LogP contribution in [0.2, 0.25) is 0 Å². The SMILES string of the molecule is CCCCCc1ccc(/C=C/C=C/c2ccc(/C=C/C=C/c3ccc(CCCCC)cc3)cc2)cc1. The molecule has 0 aromatic heterocycles. The first-order valence-corrected chi connectivity index (χ1v) is 13.7. The molecule has 0 spiro atoms. The van der Waals surface area contributed by atoms with E-state index in [1.54, 1.807) is 0 Å². The number of aryl methyl sites for hydroxylation is 2. The minimum absolute atomic E-state index is 1.19.